The van der Waals surface area contributed by atoms with Gasteiger partial charge in [-0.2, -0.15) is 0 Å². The van der Waals surface area contributed by atoms with Crippen LogP contribution in [0.1, 0.15) is 21.5 Å². The van der Waals surface area contributed by atoms with Gasteiger partial charge >= 0.3 is 0 Å². The number of aryl methyl sites for hydroxylation is 1. The zero-order valence-electron chi connectivity index (χ0n) is 18.4. The van der Waals surface area contributed by atoms with Gasteiger partial charge in [-0.15, -0.1) is 0 Å². The summed E-state index contributed by atoms with van der Waals surface area (Å²) in [6.45, 7) is 4.74. The lowest BCUT2D eigenvalue weighted by Crippen LogP contribution is -2.37. The van der Waals surface area contributed by atoms with E-state index in [2.05, 4.69) is 15.5 Å². The summed E-state index contributed by atoms with van der Waals surface area (Å²) in [5, 5.41) is 6.18. The van der Waals surface area contributed by atoms with Gasteiger partial charge in [0.15, 0.2) is 0 Å². The lowest BCUT2D eigenvalue weighted by atomic mass is 10.1. The number of amides is 2. The molecule has 0 saturated carbocycles. The minimum absolute atomic E-state index is 0.177. The molecule has 170 valence electrons. The second kappa shape index (κ2) is 10.5. The molecule has 0 aliphatic carbocycles. The Bertz CT molecular complexity index is 1160. The molecule has 1 aliphatic rings. The summed E-state index contributed by atoms with van der Waals surface area (Å²) in [6.07, 6.45) is 0.238. The Balaban J connectivity index is 1.47. The van der Waals surface area contributed by atoms with E-state index in [1.54, 1.807) is 24.3 Å². The molecule has 0 aromatic heterocycles. The van der Waals surface area contributed by atoms with Crippen LogP contribution in [0.5, 0.6) is 0 Å². The van der Waals surface area contributed by atoms with E-state index in [0.29, 0.717) is 35.2 Å². The van der Waals surface area contributed by atoms with Crippen LogP contribution in [0.3, 0.4) is 0 Å². The first-order chi connectivity index (χ1) is 16.0. The largest absolute Gasteiger partial charge is 0.378 e. The maximum atomic E-state index is 13.1. The highest BCUT2D eigenvalue weighted by Gasteiger charge is 2.19. The van der Waals surface area contributed by atoms with E-state index in [-0.39, 0.29) is 18.2 Å². The molecule has 3 aromatic carbocycles. The minimum Gasteiger partial charge on any atom is -0.378 e. The van der Waals surface area contributed by atoms with Crippen LogP contribution in [0, 0.1) is 6.92 Å². The number of hydrogen-bond donors (Lipinski definition) is 2. The van der Waals surface area contributed by atoms with Gasteiger partial charge in [-0.25, -0.2) is 0 Å². The first-order valence-corrected chi connectivity index (χ1v) is 11.3. The molecule has 6 nitrogen and oxygen atoms in total. The maximum Gasteiger partial charge on any atom is 0.257 e. The highest BCUT2D eigenvalue weighted by molar-refractivity contribution is 6.34. The fraction of sp³-hybridized carbons (Fsp3) is 0.231. The molecule has 0 radical (unpaired) electrons. The topological polar surface area (TPSA) is 70.7 Å². The van der Waals surface area contributed by atoms with Gasteiger partial charge in [0.1, 0.15) is 0 Å². The number of carbonyl (C=O) groups excluding carboxylic acids is 2. The van der Waals surface area contributed by atoms with Gasteiger partial charge in [0.25, 0.3) is 5.91 Å². The zero-order valence-corrected chi connectivity index (χ0v) is 19.2. The molecule has 4 rings (SSSR count). The third kappa shape index (κ3) is 5.92. The van der Waals surface area contributed by atoms with Crippen LogP contribution in [-0.2, 0) is 16.0 Å². The van der Waals surface area contributed by atoms with Crippen LogP contribution in [0.25, 0.3) is 0 Å². The molecule has 0 bridgehead atoms. The molecule has 1 fully saturated rings. The predicted octanol–water partition coefficient (Wildman–Crippen LogP) is 4.92. The van der Waals surface area contributed by atoms with Crippen molar-refractivity contribution in [1.29, 1.82) is 0 Å². The van der Waals surface area contributed by atoms with Crippen LogP contribution >= 0.6 is 11.6 Å². The summed E-state index contributed by atoms with van der Waals surface area (Å²) >= 11 is 6.30. The SMILES string of the molecule is Cc1cccc(CC(=O)Nc2cc(NC(=O)c3ccccc3N3CCOCC3)ccc2Cl)c1. The van der Waals surface area contributed by atoms with E-state index in [4.69, 9.17) is 16.3 Å². The molecule has 1 heterocycles. The smallest absolute Gasteiger partial charge is 0.257 e. The van der Waals surface area contributed by atoms with Crippen LogP contribution < -0.4 is 15.5 Å². The van der Waals surface area contributed by atoms with E-state index < -0.39 is 0 Å². The number of anilines is 3. The highest BCUT2D eigenvalue weighted by atomic mass is 35.5. The van der Waals surface area contributed by atoms with Crippen molar-refractivity contribution in [3.05, 3.63) is 88.4 Å². The number of morpholine rings is 1. The third-order valence-electron chi connectivity index (χ3n) is 5.45. The highest BCUT2D eigenvalue weighted by Crippen LogP contribution is 2.27. The Morgan fingerprint density at radius 2 is 1.76 bits per heavy atom. The number of nitrogens with one attached hydrogen (secondary N) is 2. The van der Waals surface area contributed by atoms with Crippen molar-refractivity contribution in [3.8, 4) is 0 Å². The molecule has 3 aromatic rings. The van der Waals surface area contributed by atoms with Crippen molar-refractivity contribution >= 4 is 40.5 Å². The molecule has 1 saturated heterocycles. The van der Waals surface area contributed by atoms with Gasteiger partial charge in [-0.05, 0) is 42.8 Å². The van der Waals surface area contributed by atoms with E-state index in [0.717, 1.165) is 29.9 Å². The number of carbonyl (C=O) groups is 2. The Morgan fingerprint density at radius 3 is 2.55 bits per heavy atom. The van der Waals surface area contributed by atoms with Gasteiger partial charge in [-0.1, -0.05) is 53.6 Å². The zero-order chi connectivity index (χ0) is 23.2. The molecule has 33 heavy (non-hydrogen) atoms. The molecule has 1 aliphatic heterocycles. The normalized spacial score (nSPS) is 13.5. The molecule has 0 unspecified atom stereocenters. The van der Waals surface area contributed by atoms with E-state index >= 15 is 0 Å². The third-order valence-corrected chi connectivity index (χ3v) is 5.78. The van der Waals surface area contributed by atoms with Crippen LogP contribution in [0.15, 0.2) is 66.7 Å². The van der Waals surface area contributed by atoms with Crippen molar-refractivity contribution in [2.75, 3.05) is 41.8 Å². The summed E-state index contributed by atoms with van der Waals surface area (Å²) in [6, 6.07) is 20.4. The van der Waals surface area contributed by atoms with Crippen molar-refractivity contribution in [3.63, 3.8) is 0 Å². The van der Waals surface area contributed by atoms with Gasteiger partial charge in [0.05, 0.1) is 35.9 Å². The lowest BCUT2D eigenvalue weighted by molar-refractivity contribution is -0.115. The molecule has 0 atom stereocenters. The summed E-state index contributed by atoms with van der Waals surface area (Å²) in [4.78, 5) is 27.8. The van der Waals surface area contributed by atoms with E-state index in [9.17, 15) is 9.59 Å². The van der Waals surface area contributed by atoms with Gasteiger partial charge in [0, 0.05) is 24.5 Å². The van der Waals surface area contributed by atoms with Gasteiger partial charge < -0.3 is 20.3 Å². The molecule has 7 heteroatoms. The number of benzene rings is 3. The molecular formula is C26H26ClN3O3. The van der Waals surface area contributed by atoms with Crippen LogP contribution in [0.4, 0.5) is 17.1 Å². The minimum atomic E-state index is -0.226. The second-order valence-corrected chi connectivity index (χ2v) is 8.39. The van der Waals surface area contributed by atoms with Crippen molar-refractivity contribution < 1.29 is 14.3 Å². The van der Waals surface area contributed by atoms with Gasteiger partial charge in [-0.3, -0.25) is 9.59 Å². The second-order valence-electron chi connectivity index (χ2n) is 7.98. The predicted molar refractivity (Wildman–Crippen MR) is 132 cm³/mol. The fourth-order valence-corrected chi connectivity index (χ4v) is 4.01. The molecule has 2 N–H and O–H groups in total. The van der Waals surface area contributed by atoms with Crippen LogP contribution in [-0.4, -0.2) is 38.1 Å². The number of halogens is 1. The summed E-state index contributed by atoms with van der Waals surface area (Å²) in [5.41, 5.74) is 4.48. The number of ether oxygens (including phenoxy) is 1. The number of hydrogen-bond acceptors (Lipinski definition) is 4. The molecule has 2 amide bonds. The summed E-state index contributed by atoms with van der Waals surface area (Å²) in [5.74, 6) is -0.403. The number of para-hydroxylation sites is 1. The monoisotopic (exact) mass is 463 g/mol. The first kappa shape index (κ1) is 22.8. The van der Waals surface area contributed by atoms with E-state index in [1.807, 2.05) is 49.4 Å². The van der Waals surface area contributed by atoms with E-state index in [1.165, 1.54) is 0 Å². The van der Waals surface area contributed by atoms with Gasteiger partial charge in [0.2, 0.25) is 5.91 Å². The summed E-state index contributed by atoms with van der Waals surface area (Å²) < 4.78 is 5.43. The Labute approximate surface area is 198 Å². The molecular weight excluding hydrogens is 438 g/mol. The first-order valence-electron chi connectivity index (χ1n) is 10.9. The summed E-state index contributed by atoms with van der Waals surface area (Å²) in [7, 11) is 0. The Kier molecular flexibility index (Phi) is 7.27. The number of nitrogens with zero attached hydrogens (tertiary/aromatic N) is 1. The maximum absolute atomic E-state index is 13.1. The quantitative estimate of drug-likeness (QED) is 0.544. The average molecular weight is 464 g/mol. The van der Waals surface area contributed by atoms with Crippen molar-refractivity contribution in [1.82, 2.24) is 0 Å². The van der Waals surface area contributed by atoms with Crippen molar-refractivity contribution in [2.45, 2.75) is 13.3 Å². The Morgan fingerprint density at radius 1 is 0.970 bits per heavy atom. The standard InChI is InChI=1S/C26H26ClN3O3/c1-18-5-4-6-19(15-18)16-25(31)29-23-17-20(9-10-22(23)27)28-26(32)21-7-2-3-8-24(21)30-11-13-33-14-12-30/h2-10,15,17H,11-14,16H2,1H3,(H,28,32)(H,29,31). The fourth-order valence-electron chi connectivity index (χ4n) is 3.84. The average Bonchev–Trinajstić information content (AvgIpc) is 2.82. The lowest BCUT2D eigenvalue weighted by Gasteiger charge is -2.30. The molecule has 0 spiro atoms. The van der Waals surface area contributed by atoms with Crippen molar-refractivity contribution in [2.24, 2.45) is 0 Å². The Hall–Kier alpha value is -3.35. The van der Waals surface area contributed by atoms with Crippen LogP contribution in [0.2, 0.25) is 5.02 Å². The number of rotatable bonds is 6.